The maximum absolute atomic E-state index is 11.9. The van der Waals surface area contributed by atoms with Crippen LogP contribution in [0.1, 0.15) is 10.6 Å². The van der Waals surface area contributed by atoms with Crippen LogP contribution in [0, 0.1) is 0 Å². The van der Waals surface area contributed by atoms with E-state index in [1.54, 1.807) is 42.5 Å². The van der Waals surface area contributed by atoms with Gasteiger partial charge in [0.1, 0.15) is 11.5 Å². The monoisotopic (exact) mass is 370 g/mol. The number of rotatable bonds is 6. The predicted molar refractivity (Wildman–Crippen MR) is 97.6 cm³/mol. The molecule has 2 aromatic carbocycles. The SMILES string of the molecule is O=C(CNC(=O)c1ccco1)Nc1ccc(Oc2ccccc2Cl)cc1. The average molecular weight is 371 g/mol. The van der Waals surface area contributed by atoms with Gasteiger partial charge in [0.25, 0.3) is 5.91 Å². The summed E-state index contributed by atoms with van der Waals surface area (Å²) in [5, 5.41) is 5.66. The Morgan fingerprint density at radius 3 is 2.46 bits per heavy atom. The number of carbonyl (C=O) groups excluding carboxylic acids is 2. The Labute approximate surface area is 154 Å². The van der Waals surface area contributed by atoms with E-state index >= 15 is 0 Å². The highest BCUT2D eigenvalue weighted by atomic mass is 35.5. The van der Waals surface area contributed by atoms with Crippen LogP contribution in [0.2, 0.25) is 5.02 Å². The largest absolute Gasteiger partial charge is 0.459 e. The lowest BCUT2D eigenvalue weighted by molar-refractivity contribution is -0.115. The van der Waals surface area contributed by atoms with Gasteiger partial charge in [-0.2, -0.15) is 0 Å². The number of amides is 2. The van der Waals surface area contributed by atoms with Gasteiger partial charge < -0.3 is 19.8 Å². The van der Waals surface area contributed by atoms with Crippen molar-refractivity contribution >= 4 is 29.1 Å². The van der Waals surface area contributed by atoms with Crippen LogP contribution in [0.25, 0.3) is 0 Å². The highest BCUT2D eigenvalue weighted by Crippen LogP contribution is 2.29. The molecule has 1 aromatic heterocycles. The normalized spacial score (nSPS) is 10.2. The minimum Gasteiger partial charge on any atom is -0.459 e. The zero-order chi connectivity index (χ0) is 18.4. The van der Waals surface area contributed by atoms with Gasteiger partial charge in [-0.3, -0.25) is 9.59 Å². The molecule has 7 heteroatoms. The molecular formula is C19H15ClN2O4. The van der Waals surface area contributed by atoms with Gasteiger partial charge in [0.05, 0.1) is 17.8 Å². The maximum atomic E-state index is 11.9. The lowest BCUT2D eigenvalue weighted by Gasteiger charge is -2.09. The van der Waals surface area contributed by atoms with E-state index in [4.69, 9.17) is 20.8 Å². The third-order valence-corrected chi connectivity index (χ3v) is 3.67. The van der Waals surface area contributed by atoms with Crippen molar-refractivity contribution in [2.24, 2.45) is 0 Å². The van der Waals surface area contributed by atoms with Crippen molar-refractivity contribution in [3.8, 4) is 11.5 Å². The van der Waals surface area contributed by atoms with Gasteiger partial charge >= 0.3 is 0 Å². The first-order valence-corrected chi connectivity index (χ1v) is 8.13. The molecule has 0 aliphatic heterocycles. The molecule has 0 saturated carbocycles. The van der Waals surface area contributed by atoms with Gasteiger partial charge in [0.2, 0.25) is 5.91 Å². The van der Waals surface area contributed by atoms with Crippen molar-refractivity contribution in [2.75, 3.05) is 11.9 Å². The van der Waals surface area contributed by atoms with E-state index in [1.165, 1.54) is 12.3 Å². The van der Waals surface area contributed by atoms with E-state index < -0.39 is 5.91 Å². The molecule has 26 heavy (non-hydrogen) atoms. The summed E-state index contributed by atoms with van der Waals surface area (Å²) in [4.78, 5) is 23.6. The van der Waals surface area contributed by atoms with Crippen molar-refractivity contribution in [3.63, 3.8) is 0 Å². The molecule has 3 aromatic rings. The van der Waals surface area contributed by atoms with Gasteiger partial charge in [-0.15, -0.1) is 0 Å². The van der Waals surface area contributed by atoms with Crippen molar-refractivity contribution < 1.29 is 18.7 Å². The molecule has 1 heterocycles. The summed E-state index contributed by atoms with van der Waals surface area (Å²) in [6.07, 6.45) is 1.39. The number of ether oxygens (including phenoxy) is 1. The minimum absolute atomic E-state index is 0.152. The molecular weight excluding hydrogens is 356 g/mol. The van der Waals surface area contributed by atoms with Crippen molar-refractivity contribution in [1.82, 2.24) is 5.32 Å². The summed E-state index contributed by atoms with van der Waals surface area (Å²) < 4.78 is 10.6. The third kappa shape index (κ3) is 4.64. The Hall–Kier alpha value is -3.25. The summed E-state index contributed by atoms with van der Waals surface area (Å²) in [6.45, 7) is -0.169. The summed E-state index contributed by atoms with van der Waals surface area (Å²) in [6, 6.07) is 17.1. The average Bonchev–Trinajstić information content (AvgIpc) is 3.18. The van der Waals surface area contributed by atoms with Crippen LogP contribution in [0.5, 0.6) is 11.5 Å². The molecule has 6 nitrogen and oxygen atoms in total. The molecule has 132 valence electrons. The van der Waals surface area contributed by atoms with Crippen molar-refractivity contribution in [2.45, 2.75) is 0 Å². The number of hydrogen-bond acceptors (Lipinski definition) is 4. The molecule has 2 N–H and O–H groups in total. The standard InChI is InChI=1S/C19H15ClN2O4/c20-15-4-1-2-5-16(15)26-14-9-7-13(8-10-14)22-18(23)12-21-19(24)17-6-3-11-25-17/h1-11H,12H2,(H,21,24)(H,22,23). The number of furan rings is 1. The number of halogens is 1. The number of hydrogen-bond donors (Lipinski definition) is 2. The first-order chi connectivity index (χ1) is 12.6. The Morgan fingerprint density at radius 2 is 1.77 bits per heavy atom. The second-order valence-corrected chi connectivity index (χ2v) is 5.67. The highest BCUT2D eigenvalue weighted by molar-refractivity contribution is 6.32. The molecule has 0 atom stereocenters. The molecule has 0 radical (unpaired) electrons. The number of carbonyl (C=O) groups is 2. The predicted octanol–water partition coefficient (Wildman–Crippen LogP) is 4.09. The number of nitrogens with one attached hydrogen (secondary N) is 2. The Bertz CT molecular complexity index is 892. The van der Waals surface area contributed by atoms with E-state index in [9.17, 15) is 9.59 Å². The highest BCUT2D eigenvalue weighted by Gasteiger charge is 2.10. The Balaban J connectivity index is 1.51. The van der Waals surface area contributed by atoms with Gasteiger partial charge in [-0.25, -0.2) is 0 Å². The fourth-order valence-corrected chi connectivity index (χ4v) is 2.30. The molecule has 3 rings (SSSR count). The molecule has 0 unspecified atom stereocenters. The molecule has 0 fully saturated rings. The number of benzene rings is 2. The van der Waals surface area contributed by atoms with E-state index in [0.717, 1.165) is 0 Å². The first-order valence-electron chi connectivity index (χ1n) is 7.76. The van der Waals surface area contributed by atoms with Crippen LogP contribution >= 0.6 is 11.6 Å². The van der Waals surface area contributed by atoms with Crippen LogP contribution in [0.4, 0.5) is 5.69 Å². The van der Waals surface area contributed by atoms with Crippen molar-refractivity contribution in [3.05, 3.63) is 77.7 Å². The van der Waals surface area contributed by atoms with E-state index in [0.29, 0.717) is 22.2 Å². The van der Waals surface area contributed by atoms with Gasteiger partial charge in [0, 0.05) is 5.69 Å². The topological polar surface area (TPSA) is 80.6 Å². The van der Waals surface area contributed by atoms with Gasteiger partial charge in [-0.1, -0.05) is 23.7 Å². The zero-order valence-electron chi connectivity index (χ0n) is 13.6. The van der Waals surface area contributed by atoms with E-state index in [-0.39, 0.29) is 18.2 Å². The molecule has 0 saturated heterocycles. The van der Waals surface area contributed by atoms with Crippen LogP contribution in [-0.4, -0.2) is 18.4 Å². The molecule has 0 aliphatic carbocycles. The fourth-order valence-electron chi connectivity index (χ4n) is 2.12. The molecule has 0 spiro atoms. The smallest absolute Gasteiger partial charge is 0.287 e. The molecule has 0 aliphatic rings. The Kier molecular flexibility index (Phi) is 5.56. The summed E-state index contributed by atoms with van der Waals surface area (Å²) >= 11 is 6.05. The van der Waals surface area contributed by atoms with Crippen LogP contribution in [0.15, 0.2) is 71.3 Å². The lowest BCUT2D eigenvalue weighted by atomic mass is 10.3. The van der Waals surface area contributed by atoms with Gasteiger partial charge in [-0.05, 0) is 48.5 Å². The third-order valence-electron chi connectivity index (χ3n) is 3.36. The summed E-state index contributed by atoms with van der Waals surface area (Å²) in [7, 11) is 0. The van der Waals surface area contributed by atoms with Crippen LogP contribution in [-0.2, 0) is 4.79 Å². The number of anilines is 1. The Morgan fingerprint density at radius 1 is 1.00 bits per heavy atom. The fraction of sp³-hybridized carbons (Fsp3) is 0.0526. The zero-order valence-corrected chi connectivity index (χ0v) is 14.3. The van der Waals surface area contributed by atoms with E-state index in [1.807, 2.05) is 12.1 Å². The van der Waals surface area contributed by atoms with Crippen molar-refractivity contribution in [1.29, 1.82) is 0 Å². The molecule has 2 amide bonds. The van der Waals surface area contributed by atoms with E-state index in [2.05, 4.69) is 10.6 Å². The lowest BCUT2D eigenvalue weighted by Crippen LogP contribution is -2.32. The van der Waals surface area contributed by atoms with Gasteiger partial charge in [0.15, 0.2) is 5.76 Å². The van der Waals surface area contributed by atoms with Crippen LogP contribution in [0.3, 0.4) is 0 Å². The van der Waals surface area contributed by atoms with Crippen LogP contribution < -0.4 is 15.4 Å². The minimum atomic E-state index is -0.450. The first kappa shape index (κ1) is 17.6. The summed E-state index contributed by atoms with van der Waals surface area (Å²) in [5.74, 6) is 0.478. The second kappa shape index (κ2) is 8.22. The quantitative estimate of drug-likeness (QED) is 0.684. The maximum Gasteiger partial charge on any atom is 0.287 e. The molecule has 0 bridgehead atoms. The number of para-hydroxylation sites is 1. The second-order valence-electron chi connectivity index (χ2n) is 5.27. The summed E-state index contributed by atoms with van der Waals surface area (Å²) in [5.41, 5.74) is 0.578.